The van der Waals surface area contributed by atoms with Crippen molar-refractivity contribution in [2.75, 3.05) is 25.6 Å². The van der Waals surface area contributed by atoms with Crippen molar-refractivity contribution >= 4 is 11.7 Å². The van der Waals surface area contributed by atoms with Crippen LogP contribution in [0.1, 0.15) is 36.3 Å². The molecule has 1 rings (SSSR count). The largest absolute Gasteiger partial charge is 0.351 e. The van der Waals surface area contributed by atoms with Crippen LogP contribution in [-0.2, 0) is 0 Å². The van der Waals surface area contributed by atoms with Gasteiger partial charge >= 0.3 is 0 Å². The van der Waals surface area contributed by atoms with Gasteiger partial charge in [-0.25, -0.2) is 10.8 Å². The molecule has 4 N–H and O–H groups in total. The molecule has 0 spiro atoms. The number of amides is 1. The minimum absolute atomic E-state index is 0.107. The normalized spacial score (nSPS) is 12.3. The van der Waals surface area contributed by atoms with E-state index in [1.165, 1.54) is 0 Å². The fourth-order valence-corrected chi connectivity index (χ4v) is 1.85. The molecule has 0 bridgehead atoms. The van der Waals surface area contributed by atoms with Crippen LogP contribution in [0.15, 0.2) is 12.1 Å². The lowest BCUT2D eigenvalue weighted by Crippen LogP contribution is -2.37. The Kier molecular flexibility index (Phi) is 6.41. The second-order valence-corrected chi connectivity index (χ2v) is 5.02. The Morgan fingerprint density at radius 1 is 1.50 bits per heavy atom. The van der Waals surface area contributed by atoms with Crippen LogP contribution in [0.3, 0.4) is 0 Å². The molecule has 112 valence electrons. The summed E-state index contributed by atoms with van der Waals surface area (Å²) in [6.07, 6.45) is 1.10. The number of aryl methyl sites for hydroxylation is 1. The Bertz CT molecular complexity index is 449. The van der Waals surface area contributed by atoms with Gasteiger partial charge in [0, 0.05) is 30.4 Å². The number of hydrazine groups is 1. The van der Waals surface area contributed by atoms with E-state index in [0.717, 1.165) is 18.7 Å². The summed E-state index contributed by atoms with van der Waals surface area (Å²) >= 11 is 0. The van der Waals surface area contributed by atoms with Crippen LogP contribution < -0.4 is 16.6 Å². The fraction of sp³-hybridized carbons (Fsp3) is 0.571. The lowest BCUT2D eigenvalue weighted by molar-refractivity contribution is 0.0947. The number of hydrogen-bond donors (Lipinski definition) is 3. The summed E-state index contributed by atoms with van der Waals surface area (Å²) in [5.41, 5.74) is 3.78. The van der Waals surface area contributed by atoms with Gasteiger partial charge in [-0.2, -0.15) is 0 Å². The summed E-state index contributed by atoms with van der Waals surface area (Å²) in [4.78, 5) is 18.4. The zero-order chi connectivity index (χ0) is 15.1. The first-order chi connectivity index (χ1) is 9.47. The molecule has 0 radical (unpaired) electrons. The average Bonchev–Trinajstić information content (AvgIpc) is 2.45. The smallest absolute Gasteiger partial charge is 0.251 e. The SMILES string of the molecule is CCC(C)N(C)CCNC(=O)c1cc(C)nc(NN)c1. The molecule has 0 aliphatic heterocycles. The highest BCUT2D eigenvalue weighted by atomic mass is 16.1. The standard InChI is InChI=1S/C14H25N5O/c1-5-11(3)19(4)7-6-16-14(20)12-8-10(2)17-13(9-12)18-15/h8-9,11H,5-7,15H2,1-4H3,(H,16,20)(H,17,18). The number of nitrogens with one attached hydrogen (secondary N) is 2. The van der Waals surface area contributed by atoms with Gasteiger partial charge in [-0.3, -0.25) is 4.79 Å². The molecule has 1 aromatic rings. The Balaban J connectivity index is 2.53. The highest BCUT2D eigenvalue weighted by Crippen LogP contribution is 2.09. The average molecular weight is 279 g/mol. The summed E-state index contributed by atoms with van der Waals surface area (Å²) in [6.45, 7) is 7.60. The Labute approximate surface area is 120 Å². The highest BCUT2D eigenvalue weighted by molar-refractivity contribution is 5.94. The number of hydrogen-bond acceptors (Lipinski definition) is 5. The number of pyridine rings is 1. The number of rotatable bonds is 7. The highest BCUT2D eigenvalue weighted by Gasteiger charge is 2.10. The number of nitrogens with zero attached hydrogens (tertiary/aromatic N) is 2. The molecule has 1 unspecified atom stereocenters. The molecule has 0 aromatic carbocycles. The van der Waals surface area contributed by atoms with Crippen molar-refractivity contribution < 1.29 is 4.79 Å². The number of nitrogen functional groups attached to an aromatic ring is 1. The third-order valence-corrected chi connectivity index (χ3v) is 3.46. The molecular weight excluding hydrogens is 254 g/mol. The van der Waals surface area contributed by atoms with Crippen LogP contribution in [0.2, 0.25) is 0 Å². The van der Waals surface area contributed by atoms with Crippen molar-refractivity contribution in [3.05, 3.63) is 23.4 Å². The minimum Gasteiger partial charge on any atom is -0.351 e. The zero-order valence-corrected chi connectivity index (χ0v) is 12.7. The van der Waals surface area contributed by atoms with E-state index in [4.69, 9.17) is 5.84 Å². The van der Waals surface area contributed by atoms with Crippen molar-refractivity contribution in [2.24, 2.45) is 5.84 Å². The molecule has 20 heavy (non-hydrogen) atoms. The maximum atomic E-state index is 12.1. The summed E-state index contributed by atoms with van der Waals surface area (Å²) < 4.78 is 0. The summed E-state index contributed by atoms with van der Waals surface area (Å²) in [6, 6.07) is 3.90. The van der Waals surface area contributed by atoms with Gasteiger partial charge in [-0.05, 0) is 39.4 Å². The number of carbonyl (C=O) groups is 1. The van der Waals surface area contributed by atoms with E-state index in [-0.39, 0.29) is 5.91 Å². The zero-order valence-electron chi connectivity index (χ0n) is 12.7. The monoisotopic (exact) mass is 279 g/mol. The second kappa shape index (κ2) is 7.81. The van der Waals surface area contributed by atoms with Gasteiger partial charge in [0.05, 0.1) is 0 Å². The van der Waals surface area contributed by atoms with Crippen LogP contribution in [0.25, 0.3) is 0 Å². The summed E-state index contributed by atoms with van der Waals surface area (Å²) in [5, 5.41) is 2.91. The Morgan fingerprint density at radius 3 is 2.80 bits per heavy atom. The number of carbonyl (C=O) groups excluding carboxylic acids is 1. The Morgan fingerprint density at radius 2 is 2.20 bits per heavy atom. The maximum Gasteiger partial charge on any atom is 0.251 e. The lowest BCUT2D eigenvalue weighted by atomic mass is 10.2. The molecule has 0 aliphatic carbocycles. The molecule has 1 heterocycles. The van der Waals surface area contributed by atoms with E-state index in [1.807, 2.05) is 6.92 Å². The molecule has 1 amide bonds. The van der Waals surface area contributed by atoms with Crippen LogP contribution in [0.5, 0.6) is 0 Å². The van der Waals surface area contributed by atoms with E-state index in [1.54, 1.807) is 12.1 Å². The van der Waals surface area contributed by atoms with Crippen molar-refractivity contribution in [1.82, 2.24) is 15.2 Å². The van der Waals surface area contributed by atoms with E-state index in [0.29, 0.717) is 24.0 Å². The van der Waals surface area contributed by atoms with Crippen LogP contribution in [-0.4, -0.2) is 42.0 Å². The number of nitrogens with two attached hydrogens (primary N) is 1. The van der Waals surface area contributed by atoms with Gasteiger partial charge < -0.3 is 15.6 Å². The van der Waals surface area contributed by atoms with Gasteiger partial charge in [0.15, 0.2) is 0 Å². The number of likely N-dealkylation sites (N-methyl/N-ethyl adjacent to an activating group) is 1. The molecule has 0 fully saturated rings. The van der Waals surface area contributed by atoms with E-state index < -0.39 is 0 Å². The van der Waals surface area contributed by atoms with Gasteiger partial charge in [0.25, 0.3) is 5.91 Å². The minimum atomic E-state index is -0.107. The first-order valence-electron chi connectivity index (χ1n) is 6.91. The third kappa shape index (κ3) is 4.79. The van der Waals surface area contributed by atoms with Crippen molar-refractivity contribution in [2.45, 2.75) is 33.2 Å². The molecule has 0 saturated heterocycles. The maximum absolute atomic E-state index is 12.1. The van der Waals surface area contributed by atoms with Crippen molar-refractivity contribution in [1.29, 1.82) is 0 Å². The van der Waals surface area contributed by atoms with Gasteiger partial charge in [0.1, 0.15) is 5.82 Å². The lowest BCUT2D eigenvalue weighted by Gasteiger charge is -2.23. The van der Waals surface area contributed by atoms with Crippen molar-refractivity contribution in [3.63, 3.8) is 0 Å². The third-order valence-electron chi connectivity index (χ3n) is 3.46. The number of anilines is 1. The summed E-state index contributed by atoms with van der Waals surface area (Å²) in [7, 11) is 2.06. The topological polar surface area (TPSA) is 83.3 Å². The predicted molar refractivity (Wildman–Crippen MR) is 81.5 cm³/mol. The molecule has 6 nitrogen and oxygen atoms in total. The van der Waals surface area contributed by atoms with Crippen LogP contribution in [0, 0.1) is 6.92 Å². The summed E-state index contributed by atoms with van der Waals surface area (Å²) in [5.74, 6) is 5.71. The van der Waals surface area contributed by atoms with Crippen LogP contribution >= 0.6 is 0 Å². The molecule has 1 atom stereocenters. The Hall–Kier alpha value is -1.66. The quantitative estimate of drug-likeness (QED) is 0.515. The fourth-order valence-electron chi connectivity index (χ4n) is 1.85. The molecule has 0 saturated carbocycles. The predicted octanol–water partition coefficient (Wildman–Crippen LogP) is 1.14. The van der Waals surface area contributed by atoms with Crippen molar-refractivity contribution in [3.8, 4) is 0 Å². The number of aromatic nitrogens is 1. The van der Waals surface area contributed by atoms with E-state index in [9.17, 15) is 4.79 Å². The molecular formula is C14H25N5O. The van der Waals surface area contributed by atoms with Gasteiger partial charge in [-0.15, -0.1) is 0 Å². The van der Waals surface area contributed by atoms with Gasteiger partial charge in [-0.1, -0.05) is 6.92 Å². The van der Waals surface area contributed by atoms with E-state index >= 15 is 0 Å². The second-order valence-electron chi connectivity index (χ2n) is 5.02. The molecule has 0 aliphatic rings. The molecule has 6 heteroatoms. The first kappa shape index (κ1) is 16.4. The first-order valence-corrected chi connectivity index (χ1v) is 6.91. The van der Waals surface area contributed by atoms with E-state index in [2.05, 4.69) is 41.5 Å². The molecule has 1 aromatic heterocycles. The van der Waals surface area contributed by atoms with Gasteiger partial charge in [0.2, 0.25) is 0 Å². The van der Waals surface area contributed by atoms with Crippen LogP contribution in [0.4, 0.5) is 5.82 Å².